The largest absolute Gasteiger partial charge is 0.389 e. The van der Waals surface area contributed by atoms with E-state index in [-0.39, 0.29) is 18.6 Å². The molecule has 0 bridgehead atoms. The number of nitrogens with zero attached hydrogens (tertiary/aromatic N) is 1. The number of carbonyl (C=O) groups excluding carboxylic acids is 1. The molecule has 0 saturated carbocycles. The van der Waals surface area contributed by atoms with Crippen LogP contribution in [0.25, 0.3) is 0 Å². The molecule has 0 aliphatic carbocycles. The lowest BCUT2D eigenvalue weighted by atomic mass is 9.87. The monoisotopic (exact) mass is 395 g/mol. The smallest absolute Gasteiger partial charge is 0.241 e. The van der Waals surface area contributed by atoms with Gasteiger partial charge in [0.05, 0.1) is 19.4 Å². The topological polar surface area (TPSA) is 73.8 Å². The fraction of sp³-hybridized carbons (Fsp3) is 0.435. The Balaban J connectivity index is 1.32. The Morgan fingerprint density at radius 1 is 1.00 bits per heavy atom. The van der Waals surface area contributed by atoms with Crippen LogP contribution in [0.2, 0.25) is 0 Å². The molecule has 1 spiro atoms. The van der Waals surface area contributed by atoms with Crippen LogP contribution in [0.1, 0.15) is 30.1 Å². The van der Waals surface area contributed by atoms with Crippen molar-refractivity contribution in [3.05, 3.63) is 71.8 Å². The molecule has 29 heavy (non-hydrogen) atoms. The van der Waals surface area contributed by atoms with E-state index in [1.165, 1.54) is 0 Å². The standard InChI is InChI=1S/C23H29N3O3/c27-20(15-26-13-11-23(12-14-26)22(28)24-17-25-23)16-29-21(18-7-3-1-4-8-18)19-9-5-2-6-10-19/h1-10,20-21,25,27H,11-17H2,(H,24,28). The van der Waals surface area contributed by atoms with Crippen molar-refractivity contribution in [1.82, 2.24) is 15.5 Å². The normalized spacial score (nSPS) is 20.1. The maximum absolute atomic E-state index is 12.1. The number of nitrogens with one attached hydrogen (secondary N) is 2. The van der Waals surface area contributed by atoms with Crippen LogP contribution in [0.5, 0.6) is 0 Å². The third-order valence-electron chi connectivity index (χ3n) is 5.95. The van der Waals surface area contributed by atoms with Gasteiger partial charge in [0.2, 0.25) is 5.91 Å². The number of aliphatic hydroxyl groups is 1. The van der Waals surface area contributed by atoms with Crippen molar-refractivity contribution >= 4 is 5.91 Å². The SMILES string of the molecule is O=C1NCNC12CCN(CC(O)COC(c1ccccc1)c1ccccc1)CC2. The van der Waals surface area contributed by atoms with Gasteiger partial charge < -0.3 is 20.1 Å². The Bertz CT molecular complexity index is 752. The van der Waals surface area contributed by atoms with Crippen molar-refractivity contribution in [1.29, 1.82) is 0 Å². The second kappa shape index (κ2) is 9.05. The number of rotatable bonds is 7. The molecule has 0 radical (unpaired) electrons. The summed E-state index contributed by atoms with van der Waals surface area (Å²) in [6, 6.07) is 20.2. The number of likely N-dealkylation sites (tertiary alicyclic amines) is 1. The van der Waals surface area contributed by atoms with Gasteiger partial charge >= 0.3 is 0 Å². The first kappa shape index (κ1) is 20.0. The zero-order valence-electron chi connectivity index (χ0n) is 16.6. The lowest BCUT2D eigenvalue weighted by Crippen LogP contribution is -2.55. The summed E-state index contributed by atoms with van der Waals surface area (Å²) >= 11 is 0. The van der Waals surface area contributed by atoms with E-state index >= 15 is 0 Å². The first-order valence-electron chi connectivity index (χ1n) is 10.3. The van der Waals surface area contributed by atoms with E-state index in [2.05, 4.69) is 15.5 Å². The van der Waals surface area contributed by atoms with Crippen molar-refractivity contribution < 1.29 is 14.6 Å². The molecule has 2 saturated heterocycles. The minimum atomic E-state index is -0.579. The van der Waals surface area contributed by atoms with Crippen LogP contribution in [0.3, 0.4) is 0 Å². The van der Waals surface area contributed by atoms with Crippen LogP contribution in [0, 0.1) is 0 Å². The second-order valence-electron chi connectivity index (χ2n) is 7.93. The van der Waals surface area contributed by atoms with Gasteiger partial charge in [-0.3, -0.25) is 10.1 Å². The van der Waals surface area contributed by atoms with Crippen molar-refractivity contribution in [3.8, 4) is 0 Å². The average molecular weight is 396 g/mol. The van der Waals surface area contributed by atoms with Gasteiger partial charge in [0.15, 0.2) is 0 Å². The van der Waals surface area contributed by atoms with E-state index in [1.54, 1.807) is 0 Å². The molecule has 2 aliphatic heterocycles. The summed E-state index contributed by atoms with van der Waals surface area (Å²) < 4.78 is 6.17. The van der Waals surface area contributed by atoms with Gasteiger partial charge in [-0.2, -0.15) is 0 Å². The third kappa shape index (κ3) is 4.67. The molecule has 6 heteroatoms. The number of amides is 1. The highest BCUT2D eigenvalue weighted by atomic mass is 16.5. The maximum atomic E-state index is 12.1. The van der Waals surface area contributed by atoms with Gasteiger partial charge in [-0.1, -0.05) is 60.7 Å². The minimum absolute atomic E-state index is 0.106. The molecule has 3 N–H and O–H groups in total. The molecule has 1 amide bonds. The van der Waals surface area contributed by atoms with Crippen LogP contribution in [-0.2, 0) is 9.53 Å². The van der Waals surface area contributed by atoms with Crippen LogP contribution in [0.4, 0.5) is 0 Å². The van der Waals surface area contributed by atoms with Crippen LogP contribution >= 0.6 is 0 Å². The molecule has 1 atom stereocenters. The molecule has 0 aromatic heterocycles. The number of aliphatic hydroxyl groups excluding tert-OH is 1. The summed E-state index contributed by atoms with van der Waals surface area (Å²) in [6.45, 7) is 2.94. The molecule has 154 valence electrons. The fourth-order valence-electron chi connectivity index (χ4n) is 4.26. The number of hydrogen-bond acceptors (Lipinski definition) is 5. The Labute approximate surface area is 171 Å². The third-order valence-corrected chi connectivity index (χ3v) is 5.95. The molecular formula is C23H29N3O3. The quantitative estimate of drug-likeness (QED) is 0.665. The van der Waals surface area contributed by atoms with Gasteiger partial charge in [0.25, 0.3) is 0 Å². The van der Waals surface area contributed by atoms with Gasteiger partial charge in [0.1, 0.15) is 11.6 Å². The first-order valence-corrected chi connectivity index (χ1v) is 10.3. The minimum Gasteiger partial charge on any atom is -0.389 e. The second-order valence-corrected chi connectivity index (χ2v) is 7.93. The van der Waals surface area contributed by atoms with Gasteiger partial charge in [-0.15, -0.1) is 0 Å². The molecule has 2 aliphatic rings. The van der Waals surface area contributed by atoms with Crippen LogP contribution < -0.4 is 10.6 Å². The fourth-order valence-corrected chi connectivity index (χ4v) is 4.26. The Morgan fingerprint density at radius 2 is 1.59 bits per heavy atom. The molecule has 2 aromatic rings. The average Bonchev–Trinajstić information content (AvgIpc) is 3.11. The van der Waals surface area contributed by atoms with Gasteiger partial charge in [0, 0.05) is 19.6 Å². The predicted molar refractivity (Wildman–Crippen MR) is 111 cm³/mol. The summed E-state index contributed by atoms with van der Waals surface area (Å²) in [5, 5.41) is 16.8. The molecule has 2 fully saturated rings. The number of benzene rings is 2. The number of β-amino-alcohol motifs (C(OH)–C–C–N with tert-alkyl or cyclic N) is 1. The van der Waals surface area contributed by atoms with Crippen molar-refractivity contribution in [2.45, 2.75) is 30.6 Å². The van der Waals surface area contributed by atoms with Gasteiger partial charge in [-0.25, -0.2) is 0 Å². The van der Waals surface area contributed by atoms with E-state index < -0.39 is 11.6 Å². The first-order chi connectivity index (χ1) is 14.2. The molecule has 4 rings (SSSR count). The van der Waals surface area contributed by atoms with E-state index in [0.717, 1.165) is 37.1 Å². The van der Waals surface area contributed by atoms with Gasteiger partial charge in [-0.05, 0) is 24.0 Å². The highest BCUT2D eigenvalue weighted by molar-refractivity contribution is 5.88. The maximum Gasteiger partial charge on any atom is 0.241 e. The lowest BCUT2D eigenvalue weighted by molar-refractivity contribution is -0.125. The predicted octanol–water partition coefficient (Wildman–Crippen LogP) is 1.67. The van der Waals surface area contributed by atoms with E-state index in [4.69, 9.17) is 4.74 Å². The molecule has 1 unspecified atom stereocenters. The lowest BCUT2D eigenvalue weighted by Gasteiger charge is -2.38. The summed E-state index contributed by atoms with van der Waals surface area (Å²) in [6.07, 6.45) is 0.749. The highest BCUT2D eigenvalue weighted by Gasteiger charge is 2.44. The van der Waals surface area contributed by atoms with Crippen LogP contribution in [-0.4, -0.2) is 60.5 Å². The zero-order chi connectivity index (χ0) is 20.1. The Morgan fingerprint density at radius 3 is 2.10 bits per heavy atom. The summed E-state index contributed by atoms with van der Waals surface area (Å²) in [7, 11) is 0. The molecule has 2 aromatic carbocycles. The summed E-state index contributed by atoms with van der Waals surface area (Å²) in [4.78, 5) is 14.3. The van der Waals surface area contributed by atoms with E-state index in [0.29, 0.717) is 13.2 Å². The van der Waals surface area contributed by atoms with Crippen molar-refractivity contribution in [3.63, 3.8) is 0 Å². The summed E-state index contributed by atoms with van der Waals surface area (Å²) in [5.74, 6) is 0.106. The highest BCUT2D eigenvalue weighted by Crippen LogP contribution is 2.27. The van der Waals surface area contributed by atoms with E-state index in [9.17, 15) is 9.90 Å². The Hall–Kier alpha value is -2.25. The number of hydrogen-bond donors (Lipinski definition) is 3. The Kier molecular flexibility index (Phi) is 6.25. The number of piperidine rings is 1. The molecule has 2 heterocycles. The van der Waals surface area contributed by atoms with Crippen LogP contribution in [0.15, 0.2) is 60.7 Å². The molecule has 6 nitrogen and oxygen atoms in total. The number of carbonyl (C=O) groups is 1. The molecular weight excluding hydrogens is 366 g/mol. The zero-order valence-corrected chi connectivity index (χ0v) is 16.6. The number of ether oxygens (including phenoxy) is 1. The van der Waals surface area contributed by atoms with Crippen molar-refractivity contribution in [2.24, 2.45) is 0 Å². The summed E-state index contributed by atoms with van der Waals surface area (Å²) in [5.41, 5.74) is 1.73. The van der Waals surface area contributed by atoms with Crippen molar-refractivity contribution in [2.75, 3.05) is 32.9 Å². The van der Waals surface area contributed by atoms with E-state index in [1.807, 2.05) is 60.7 Å².